The molecule has 2 aromatic heterocycles. The van der Waals surface area contributed by atoms with Gasteiger partial charge in [0.1, 0.15) is 5.82 Å². The Kier molecular flexibility index (Phi) is 3.84. The number of methoxy groups -OCH3 is 1. The quantitative estimate of drug-likeness (QED) is 0.881. The molecule has 5 nitrogen and oxygen atoms in total. The minimum Gasteiger partial charge on any atom is -0.465 e. The van der Waals surface area contributed by atoms with Crippen LogP contribution in [-0.2, 0) is 9.47 Å². The van der Waals surface area contributed by atoms with Gasteiger partial charge in [0.15, 0.2) is 0 Å². The number of aromatic nitrogens is 1. The first kappa shape index (κ1) is 13.3. The summed E-state index contributed by atoms with van der Waals surface area (Å²) >= 11 is 1.53. The van der Waals surface area contributed by atoms with Gasteiger partial charge in [-0.15, -0.1) is 11.3 Å². The fourth-order valence-electron chi connectivity index (χ4n) is 2.37. The summed E-state index contributed by atoms with van der Waals surface area (Å²) in [7, 11) is 1.38. The van der Waals surface area contributed by atoms with Crippen LogP contribution in [0.1, 0.15) is 23.2 Å². The van der Waals surface area contributed by atoms with Gasteiger partial charge >= 0.3 is 5.97 Å². The summed E-state index contributed by atoms with van der Waals surface area (Å²) in [5.41, 5.74) is 0.523. The van der Waals surface area contributed by atoms with Gasteiger partial charge in [-0.3, -0.25) is 0 Å². The normalized spacial score (nSPS) is 16.2. The van der Waals surface area contributed by atoms with E-state index in [1.54, 1.807) is 6.20 Å². The second-order valence-electron chi connectivity index (χ2n) is 4.71. The van der Waals surface area contributed by atoms with Gasteiger partial charge in [-0.1, -0.05) is 0 Å². The van der Waals surface area contributed by atoms with Crippen molar-refractivity contribution in [3.8, 4) is 0 Å². The van der Waals surface area contributed by atoms with Gasteiger partial charge in [-0.25, -0.2) is 9.78 Å². The average Bonchev–Trinajstić information content (AvgIpc) is 2.98. The number of rotatable bonds is 3. The summed E-state index contributed by atoms with van der Waals surface area (Å²) in [5, 5.41) is 6.40. The zero-order chi connectivity index (χ0) is 13.9. The van der Waals surface area contributed by atoms with Crippen molar-refractivity contribution in [3.05, 3.63) is 23.2 Å². The molecule has 0 amide bonds. The maximum Gasteiger partial charge on any atom is 0.340 e. The number of carbonyl (C=O) groups is 1. The Morgan fingerprint density at radius 1 is 1.50 bits per heavy atom. The number of fused-ring (bicyclic) bond motifs is 1. The highest BCUT2D eigenvalue weighted by atomic mass is 32.1. The van der Waals surface area contributed by atoms with E-state index in [9.17, 15) is 4.79 Å². The highest BCUT2D eigenvalue weighted by Crippen LogP contribution is 2.30. The summed E-state index contributed by atoms with van der Waals surface area (Å²) in [5.74, 6) is 0.489. The maximum atomic E-state index is 11.7. The van der Waals surface area contributed by atoms with Crippen molar-refractivity contribution in [1.29, 1.82) is 0 Å². The van der Waals surface area contributed by atoms with Crippen molar-refractivity contribution < 1.29 is 14.3 Å². The fourth-order valence-corrected chi connectivity index (χ4v) is 3.26. The van der Waals surface area contributed by atoms with Crippen molar-refractivity contribution in [1.82, 2.24) is 4.98 Å². The van der Waals surface area contributed by atoms with E-state index in [0.29, 0.717) is 11.6 Å². The van der Waals surface area contributed by atoms with Gasteiger partial charge in [-0.2, -0.15) is 0 Å². The molecule has 0 aromatic carbocycles. The van der Waals surface area contributed by atoms with Gasteiger partial charge in [0, 0.05) is 30.8 Å². The number of hydrogen-bond acceptors (Lipinski definition) is 6. The number of anilines is 1. The molecule has 0 radical (unpaired) electrons. The number of thiophene rings is 1. The fraction of sp³-hybridized carbons (Fsp3) is 0.429. The smallest absolute Gasteiger partial charge is 0.340 e. The van der Waals surface area contributed by atoms with Crippen LogP contribution < -0.4 is 5.32 Å². The molecule has 6 heteroatoms. The van der Waals surface area contributed by atoms with E-state index in [2.05, 4.69) is 10.3 Å². The van der Waals surface area contributed by atoms with Crippen LogP contribution in [0, 0.1) is 0 Å². The number of pyridine rings is 1. The van der Waals surface area contributed by atoms with Crippen molar-refractivity contribution in [2.24, 2.45) is 0 Å². The summed E-state index contributed by atoms with van der Waals surface area (Å²) < 4.78 is 11.1. The first-order valence-electron chi connectivity index (χ1n) is 6.58. The predicted molar refractivity (Wildman–Crippen MR) is 78.4 cm³/mol. The molecule has 0 bridgehead atoms. The van der Waals surface area contributed by atoms with Crippen molar-refractivity contribution in [3.63, 3.8) is 0 Å². The molecule has 1 fully saturated rings. The van der Waals surface area contributed by atoms with Crippen LogP contribution in [0.3, 0.4) is 0 Å². The largest absolute Gasteiger partial charge is 0.465 e. The van der Waals surface area contributed by atoms with Gasteiger partial charge in [0.05, 0.1) is 17.4 Å². The second-order valence-corrected chi connectivity index (χ2v) is 5.62. The first-order chi connectivity index (χ1) is 9.79. The van der Waals surface area contributed by atoms with E-state index in [-0.39, 0.29) is 5.97 Å². The van der Waals surface area contributed by atoms with Crippen LogP contribution in [0.2, 0.25) is 0 Å². The number of hydrogen-bond donors (Lipinski definition) is 1. The van der Waals surface area contributed by atoms with E-state index in [0.717, 1.165) is 42.0 Å². The molecule has 2 aromatic rings. The van der Waals surface area contributed by atoms with E-state index < -0.39 is 0 Å². The highest BCUT2D eigenvalue weighted by Gasteiger charge is 2.18. The molecular formula is C14H16N2O3S. The molecule has 0 aliphatic carbocycles. The summed E-state index contributed by atoms with van der Waals surface area (Å²) in [6.45, 7) is 1.56. The monoisotopic (exact) mass is 292 g/mol. The first-order valence-corrected chi connectivity index (χ1v) is 7.46. The number of esters is 1. The Labute approximate surface area is 120 Å². The lowest BCUT2D eigenvalue weighted by Crippen LogP contribution is -2.28. The van der Waals surface area contributed by atoms with E-state index in [4.69, 9.17) is 9.47 Å². The molecule has 1 aliphatic heterocycles. The Balaban J connectivity index is 1.92. The van der Waals surface area contributed by atoms with Crippen molar-refractivity contribution in [2.75, 3.05) is 25.6 Å². The highest BCUT2D eigenvalue weighted by molar-refractivity contribution is 7.17. The topological polar surface area (TPSA) is 60.5 Å². The number of nitrogens with one attached hydrogen (secondary N) is 1. The lowest BCUT2D eigenvalue weighted by atomic mass is 10.1. The Morgan fingerprint density at radius 3 is 3.05 bits per heavy atom. The molecule has 0 atom stereocenters. The van der Waals surface area contributed by atoms with Crippen LogP contribution >= 0.6 is 11.3 Å². The minimum atomic E-state index is -0.345. The zero-order valence-corrected chi connectivity index (χ0v) is 12.0. The summed E-state index contributed by atoms with van der Waals surface area (Å²) in [4.78, 5) is 16.1. The third-order valence-corrected chi connectivity index (χ3v) is 4.40. The molecule has 1 N–H and O–H groups in total. The summed E-state index contributed by atoms with van der Waals surface area (Å²) in [6, 6.07) is 2.37. The lowest BCUT2D eigenvalue weighted by Gasteiger charge is -2.24. The SMILES string of the molecule is COC(=O)c1cnc(NC2CCOCC2)c2ccsc12. The van der Waals surface area contributed by atoms with Gasteiger partial charge in [-0.05, 0) is 24.3 Å². The number of carbonyl (C=O) groups excluding carboxylic acids is 1. The minimum absolute atomic E-state index is 0.345. The average molecular weight is 292 g/mol. The second kappa shape index (κ2) is 5.76. The van der Waals surface area contributed by atoms with Gasteiger partial charge < -0.3 is 14.8 Å². The molecule has 1 aliphatic rings. The van der Waals surface area contributed by atoms with Crippen LogP contribution in [-0.4, -0.2) is 37.3 Å². The lowest BCUT2D eigenvalue weighted by molar-refractivity contribution is 0.0603. The maximum absolute atomic E-state index is 11.7. The van der Waals surface area contributed by atoms with E-state index in [1.165, 1.54) is 18.4 Å². The Morgan fingerprint density at radius 2 is 2.30 bits per heavy atom. The molecule has 1 saturated heterocycles. The van der Waals surface area contributed by atoms with Gasteiger partial charge in [0.25, 0.3) is 0 Å². The molecule has 0 unspecified atom stereocenters. The Hall–Kier alpha value is -1.66. The number of ether oxygens (including phenoxy) is 2. The Bertz CT molecular complexity index is 620. The number of nitrogens with zero attached hydrogens (tertiary/aromatic N) is 1. The molecule has 20 heavy (non-hydrogen) atoms. The van der Waals surface area contributed by atoms with Crippen molar-refractivity contribution in [2.45, 2.75) is 18.9 Å². The molecule has 0 saturated carbocycles. The molecule has 106 valence electrons. The van der Waals surface area contributed by atoms with E-state index >= 15 is 0 Å². The third-order valence-electron chi connectivity index (χ3n) is 3.46. The summed E-state index contributed by atoms with van der Waals surface area (Å²) in [6.07, 6.45) is 3.55. The van der Waals surface area contributed by atoms with E-state index in [1.807, 2.05) is 11.4 Å². The predicted octanol–water partition coefficient (Wildman–Crippen LogP) is 2.67. The van der Waals surface area contributed by atoms with Crippen molar-refractivity contribution >= 4 is 33.2 Å². The molecule has 3 rings (SSSR count). The molecular weight excluding hydrogens is 276 g/mol. The molecule has 0 spiro atoms. The molecule has 3 heterocycles. The van der Waals surface area contributed by atoms with Crippen LogP contribution in [0.15, 0.2) is 17.6 Å². The van der Waals surface area contributed by atoms with Crippen LogP contribution in [0.4, 0.5) is 5.82 Å². The zero-order valence-electron chi connectivity index (χ0n) is 11.2. The van der Waals surface area contributed by atoms with Crippen LogP contribution in [0.5, 0.6) is 0 Å². The standard InChI is InChI=1S/C14H16N2O3S/c1-18-14(17)11-8-15-13(10-4-7-20-12(10)11)16-9-2-5-19-6-3-9/h4,7-9H,2-3,5-6H2,1H3,(H,15,16). The van der Waals surface area contributed by atoms with Crippen LogP contribution in [0.25, 0.3) is 10.1 Å². The van der Waals surface area contributed by atoms with Gasteiger partial charge in [0.2, 0.25) is 0 Å². The third kappa shape index (κ3) is 2.48.